The predicted molar refractivity (Wildman–Crippen MR) is 98.3 cm³/mol. The summed E-state index contributed by atoms with van der Waals surface area (Å²) >= 11 is 0. The first kappa shape index (κ1) is 17.5. The number of methoxy groups -OCH3 is 1. The molecule has 1 fully saturated rings. The molecule has 0 amide bonds. The van der Waals surface area contributed by atoms with Gasteiger partial charge in [0.25, 0.3) is 0 Å². The molecule has 0 unspecified atom stereocenters. The Labute approximate surface area is 153 Å². The van der Waals surface area contributed by atoms with Gasteiger partial charge in [-0.05, 0) is 49.5 Å². The lowest BCUT2D eigenvalue weighted by Crippen LogP contribution is -2.12. The van der Waals surface area contributed by atoms with E-state index in [1.165, 1.54) is 12.8 Å². The van der Waals surface area contributed by atoms with Crippen molar-refractivity contribution in [1.82, 2.24) is 4.98 Å². The fourth-order valence-electron chi connectivity index (χ4n) is 2.99. The second-order valence-corrected chi connectivity index (χ2v) is 6.15. The van der Waals surface area contributed by atoms with Gasteiger partial charge in [-0.25, -0.2) is 0 Å². The van der Waals surface area contributed by atoms with Crippen molar-refractivity contribution in [2.24, 2.45) is 0 Å². The normalized spacial score (nSPS) is 14.5. The van der Waals surface area contributed by atoms with Crippen molar-refractivity contribution in [2.75, 3.05) is 7.11 Å². The Morgan fingerprint density at radius 1 is 1.15 bits per heavy atom. The summed E-state index contributed by atoms with van der Waals surface area (Å²) in [7, 11) is 1.58. The van der Waals surface area contributed by atoms with E-state index in [4.69, 9.17) is 14.7 Å². The van der Waals surface area contributed by atoms with Gasteiger partial charge in [-0.3, -0.25) is 4.98 Å². The fraction of sp³-hybridized carbons (Fsp3) is 0.286. The second-order valence-electron chi connectivity index (χ2n) is 6.15. The molecule has 130 valence electrons. The molecule has 1 saturated carbocycles. The van der Waals surface area contributed by atoms with Crippen molar-refractivity contribution in [3.63, 3.8) is 0 Å². The number of ether oxygens (including phenoxy) is 2. The number of nitrogens with zero attached hydrogens (tertiary/aromatic N) is 3. The number of aromatic nitrogens is 1. The van der Waals surface area contributed by atoms with Gasteiger partial charge >= 0.3 is 0 Å². The Balaban J connectivity index is 1.91. The van der Waals surface area contributed by atoms with Gasteiger partial charge in [0.1, 0.15) is 6.07 Å². The van der Waals surface area contributed by atoms with Gasteiger partial charge in [0, 0.05) is 6.07 Å². The van der Waals surface area contributed by atoms with Gasteiger partial charge in [0.05, 0.1) is 42.3 Å². The smallest absolute Gasteiger partial charge is 0.179 e. The Bertz CT molecular complexity index is 883. The van der Waals surface area contributed by atoms with Gasteiger partial charge in [-0.2, -0.15) is 10.5 Å². The summed E-state index contributed by atoms with van der Waals surface area (Å²) in [5.74, 6) is 1.18. The molecule has 1 aliphatic carbocycles. The van der Waals surface area contributed by atoms with Crippen molar-refractivity contribution >= 4 is 11.6 Å². The van der Waals surface area contributed by atoms with Crippen LogP contribution in [0.25, 0.3) is 11.6 Å². The number of benzene rings is 1. The topological polar surface area (TPSA) is 78.9 Å². The van der Waals surface area contributed by atoms with E-state index in [2.05, 4.69) is 17.1 Å². The maximum absolute atomic E-state index is 9.56. The van der Waals surface area contributed by atoms with Crippen LogP contribution < -0.4 is 9.47 Å². The molecule has 0 bridgehead atoms. The lowest BCUT2D eigenvalue weighted by Gasteiger charge is -2.16. The fourth-order valence-corrected chi connectivity index (χ4v) is 2.99. The van der Waals surface area contributed by atoms with Gasteiger partial charge in [-0.1, -0.05) is 12.1 Å². The van der Waals surface area contributed by atoms with Crippen LogP contribution >= 0.6 is 0 Å². The number of allylic oxidation sites excluding steroid dienone is 1. The minimum absolute atomic E-state index is 0.187. The first-order valence-electron chi connectivity index (χ1n) is 8.56. The third-order valence-corrected chi connectivity index (χ3v) is 4.39. The van der Waals surface area contributed by atoms with Crippen LogP contribution in [0.2, 0.25) is 0 Å². The summed E-state index contributed by atoms with van der Waals surface area (Å²) in [6, 6.07) is 13.1. The molecule has 1 aromatic heterocycles. The number of nitriles is 2. The predicted octanol–water partition coefficient (Wildman–Crippen LogP) is 4.35. The Morgan fingerprint density at radius 2 is 1.88 bits per heavy atom. The standard InChI is InChI=1S/C21H19N3O2/c1-25-21-14-24-19(11-20(21)26-18-4-2-3-5-18)17(13-23)10-15-6-8-16(12-22)9-7-15/h6-11,14,18H,2-5H2,1H3. The molecule has 1 heterocycles. The van der Waals surface area contributed by atoms with Crippen LogP contribution in [-0.2, 0) is 0 Å². The van der Waals surface area contributed by atoms with Gasteiger partial charge < -0.3 is 9.47 Å². The van der Waals surface area contributed by atoms with E-state index in [0.717, 1.165) is 18.4 Å². The Kier molecular flexibility index (Phi) is 5.51. The zero-order chi connectivity index (χ0) is 18.4. The number of hydrogen-bond donors (Lipinski definition) is 0. The van der Waals surface area contributed by atoms with Crippen molar-refractivity contribution in [1.29, 1.82) is 10.5 Å². The van der Waals surface area contributed by atoms with Crippen molar-refractivity contribution < 1.29 is 9.47 Å². The van der Waals surface area contributed by atoms with Crippen LogP contribution in [0.3, 0.4) is 0 Å². The maximum atomic E-state index is 9.56. The zero-order valence-electron chi connectivity index (χ0n) is 14.6. The Morgan fingerprint density at radius 3 is 2.50 bits per heavy atom. The average Bonchev–Trinajstić information content (AvgIpc) is 3.19. The molecule has 2 aromatic rings. The van der Waals surface area contributed by atoms with Crippen LogP contribution in [0.4, 0.5) is 0 Å². The van der Waals surface area contributed by atoms with Crippen molar-refractivity contribution in [2.45, 2.75) is 31.8 Å². The van der Waals surface area contributed by atoms with Crippen molar-refractivity contribution in [3.05, 3.63) is 53.3 Å². The van der Waals surface area contributed by atoms with E-state index >= 15 is 0 Å². The molecule has 5 heteroatoms. The van der Waals surface area contributed by atoms with E-state index in [0.29, 0.717) is 28.3 Å². The molecule has 3 rings (SSSR count). The molecule has 26 heavy (non-hydrogen) atoms. The summed E-state index contributed by atoms with van der Waals surface area (Å²) in [4.78, 5) is 4.34. The molecule has 5 nitrogen and oxygen atoms in total. The van der Waals surface area contributed by atoms with E-state index in [1.54, 1.807) is 49.7 Å². The monoisotopic (exact) mass is 345 g/mol. The van der Waals surface area contributed by atoms with Crippen LogP contribution in [0, 0.1) is 22.7 Å². The molecule has 1 aromatic carbocycles. The number of rotatable bonds is 5. The SMILES string of the molecule is COc1cnc(C(C#N)=Cc2ccc(C#N)cc2)cc1OC1CCCC1. The first-order chi connectivity index (χ1) is 12.7. The lowest BCUT2D eigenvalue weighted by molar-refractivity contribution is 0.200. The van der Waals surface area contributed by atoms with E-state index < -0.39 is 0 Å². The highest BCUT2D eigenvalue weighted by Gasteiger charge is 2.19. The third-order valence-electron chi connectivity index (χ3n) is 4.39. The molecule has 0 N–H and O–H groups in total. The molecular formula is C21H19N3O2. The minimum atomic E-state index is 0.187. The number of pyridine rings is 1. The third kappa shape index (κ3) is 4.02. The van der Waals surface area contributed by atoms with Crippen LogP contribution in [-0.4, -0.2) is 18.2 Å². The summed E-state index contributed by atoms with van der Waals surface area (Å²) in [6.45, 7) is 0. The van der Waals surface area contributed by atoms with E-state index in [-0.39, 0.29) is 6.10 Å². The molecule has 0 aliphatic heterocycles. The van der Waals surface area contributed by atoms with E-state index in [1.807, 2.05) is 0 Å². The average molecular weight is 345 g/mol. The van der Waals surface area contributed by atoms with E-state index in [9.17, 15) is 5.26 Å². The maximum Gasteiger partial charge on any atom is 0.179 e. The summed E-state index contributed by atoms with van der Waals surface area (Å²) in [6.07, 6.45) is 7.94. The van der Waals surface area contributed by atoms with Crippen LogP contribution in [0.5, 0.6) is 11.5 Å². The highest BCUT2D eigenvalue weighted by molar-refractivity contribution is 5.88. The molecule has 0 radical (unpaired) electrons. The van der Waals surface area contributed by atoms with Gasteiger partial charge in [0.2, 0.25) is 0 Å². The Hall–Kier alpha value is -3.31. The number of hydrogen-bond acceptors (Lipinski definition) is 5. The second kappa shape index (κ2) is 8.18. The molecular weight excluding hydrogens is 326 g/mol. The lowest BCUT2D eigenvalue weighted by atomic mass is 10.1. The molecule has 0 atom stereocenters. The summed E-state index contributed by atoms with van der Waals surface area (Å²) in [5, 5.41) is 18.4. The molecule has 0 saturated heterocycles. The highest BCUT2D eigenvalue weighted by atomic mass is 16.5. The van der Waals surface area contributed by atoms with Crippen molar-refractivity contribution in [3.8, 4) is 23.6 Å². The summed E-state index contributed by atoms with van der Waals surface area (Å²) in [5.41, 5.74) is 2.37. The highest BCUT2D eigenvalue weighted by Crippen LogP contribution is 2.33. The molecule has 1 aliphatic rings. The summed E-state index contributed by atoms with van der Waals surface area (Å²) < 4.78 is 11.4. The minimum Gasteiger partial charge on any atom is -0.491 e. The largest absolute Gasteiger partial charge is 0.491 e. The van der Waals surface area contributed by atoms with Crippen LogP contribution in [0.1, 0.15) is 42.5 Å². The van der Waals surface area contributed by atoms with Crippen LogP contribution in [0.15, 0.2) is 36.5 Å². The van der Waals surface area contributed by atoms with Gasteiger partial charge in [0.15, 0.2) is 11.5 Å². The molecule has 0 spiro atoms. The first-order valence-corrected chi connectivity index (χ1v) is 8.56. The zero-order valence-corrected chi connectivity index (χ0v) is 14.6. The quantitative estimate of drug-likeness (QED) is 0.753. The van der Waals surface area contributed by atoms with Gasteiger partial charge in [-0.15, -0.1) is 0 Å².